The molecule has 0 saturated heterocycles. The molecular weight excluding hydrogens is 468 g/mol. The van der Waals surface area contributed by atoms with E-state index >= 15 is 0 Å². The molecule has 0 heterocycles. The van der Waals surface area contributed by atoms with E-state index in [0.717, 1.165) is 30.3 Å². The van der Waals surface area contributed by atoms with Crippen LogP contribution in [-0.4, -0.2) is 12.3 Å². The first-order valence-corrected chi connectivity index (χ1v) is 15.8. The molecule has 1 aromatic rings. The van der Waals surface area contributed by atoms with Gasteiger partial charge < -0.3 is 9.53 Å². The summed E-state index contributed by atoms with van der Waals surface area (Å²) in [5.41, 5.74) is 2.97. The van der Waals surface area contributed by atoms with E-state index in [1.807, 2.05) is 6.92 Å². The first-order valence-electron chi connectivity index (χ1n) is 15.8. The van der Waals surface area contributed by atoms with E-state index in [4.69, 9.17) is 4.74 Å². The summed E-state index contributed by atoms with van der Waals surface area (Å²) < 4.78 is 5.95. The van der Waals surface area contributed by atoms with Crippen molar-refractivity contribution in [3.63, 3.8) is 0 Å². The summed E-state index contributed by atoms with van der Waals surface area (Å²) in [6, 6.07) is 4.42. The molecule has 0 bridgehead atoms. The van der Waals surface area contributed by atoms with Gasteiger partial charge in [-0.3, -0.25) is 4.79 Å². The van der Waals surface area contributed by atoms with E-state index in [-0.39, 0.29) is 22.7 Å². The lowest BCUT2D eigenvalue weighted by Gasteiger charge is -2.31. The molecule has 0 radical (unpaired) electrons. The number of benzene rings is 1. The van der Waals surface area contributed by atoms with Crippen LogP contribution in [0.1, 0.15) is 181 Å². The molecule has 1 atom stereocenters. The van der Waals surface area contributed by atoms with Crippen molar-refractivity contribution in [2.24, 2.45) is 0 Å². The van der Waals surface area contributed by atoms with E-state index < -0.39 is 0 Å². The van der Waals surface area contributed by atoms with Crippen molar-refractivity contribution >= 4 is 12.3 Å². The van der Waals surface area contributed by atoms with E-state index in [0.29, 0.717) is 18.6 Å². The molecule has 0 saturated carbocycles. The predicted molar refractivity (Wildman–Crippen MR) is 164 cm³/mol. The highest BCUT2D eigenvalue weighted by Gasteiger charge is 2.30. The maximum Gasteiger partial charge on any atom is 0.310 e. The van der Waals surface area contributed by atoms with Gasteiger partial charge in [-0.15, -0.1) is 0 Å². The minimum atomic E-state index is -0.204. The summed E-state index contributed by atoms with van der Waals surface area (Å²) in [6.45, 7) is 17.1. The van der Waals surface area contributed by atoms with Crippen molar-refractivity contribution in [1.82, 2.24) is 0 Å². The average molecular weight is 529 g/mol. The average Bonchev–Trinajstić information content (AvgIpc) is 2.84. The molecule has 0 aliphatic carbocycles. The molecule has 0 spiro atoms. The van der Waals surface area contributed by atoms with Crippen LogP contribution in [0.25, 0.3) is 0 Å². The Morgan fingerprint density at radius 2 is 1.16 bits per heavy atom. The lowest BCUT2D eigenvalue weighted by atomic mass is 9.76. The van der Waals surface area contributed by atoms with Crippen molar-refractivity contribution < 1.29 is 14.3 Å². The van der Waals surface area contributed by atoms with E-state index in [1.165, 1.54) is 82.6 Å². The van der Waals surface area contributed by atoms with Crippen LogP contribution in [0.15, 0.2) is 12.1 Å². The number of unbranched alkanes of at least 4 members (excludes halogenated alkanes) is 12. The van der Waals surface area contributed by atoms with Gasteiger partial charge >= 0.3 is 5.97 Å². The molecule has 1 unspecified atom stereocenters. The van der Waals surface area contributed by atoms with E-state index in [9.17, 15) is 9.59 Å². The topological polar surface area (TPSA) is 43.4 Å². The number of ether oxygens (including phenoxy) is 1. The summed E-state index contributed by atoms with van der Waals surface area (Å²) in [5.74, 6) is 0.718. The van der Waals surface area contributed by atoms with Crippen LogP contribution in [0.5, 0.6) is 5.75 Å². The van der Waals surface area contributed by atoms with Crippen LogP contribution in [0.4, 0.5) is 0 Å². The van der Waals surface area contributed by atoms with Gasteiger partial charge in [0.05, 0.1) is 0 Å². The highest BCUT2D eigenvalue weighted by atomic mass is 16.5. The number of carbonyl (C=O) groups is 2. The molecule has 218 valence electrons. The summed E-state index contributed by atoms with van der Waals surface area (Å²) in [4.78, 5) is 24.0. The van der Waals surface area contributed by atoms with E-state index in [2.05, 4.69) is 60.6 Å². The second kappa shape index (κ2) is 17.9. The Morgan fingerprint density at radius 3 is 1.53 bits per heavy atom. The van der Waals surface area contributed by atoms with Crippen molar-refractivity contribution in [2.45, 2.75) is 175 Å². The Morgan fingerprint density at radius 1 is 0.737 bits per heavy atom. The Bertz CT molecular complexity index is 774. The molecule has 3 heteroatoms. The molecule has 0 amide bonds. The fraction of sp³-hybridized carbons (Fsp3) is 0.771. The van der Waals surface area contributed by atoms with Crippen LogP contribution in [-0.2, 0) is 20.4 Å². The number of hydrogen-bond acceptors (Lipinski definition) is 3. The van der Waals surface area contributed by atoms with Gasteiger partial charge in [0.25, 0.3) is 0 Å². The Kier molecular flexibility index (Phi) is 16.2. The van der Waals surface area contributed by atoms with Gasteiger partial charge in [-0.1, -0.05) is 151 Å². The summed E-state index contributed by atoms with van der Waals surface area (Å²) >= 11 is 0. The zero-order valence-electron chi connectivity index (χ0n) is 26.3. The quantitative estimate of drug-likeness (QED) is 0.0776. The zero-order valence-corrected chi connectivity index (χ0v) is 26.3. The standard InChI is InChI=1S/C35H60O3/c1-9-11-12-13-14-15-16-17-18-19-20-21-22-23-28(24-25-36)29-26-30(34(3,4)5)33(38-32(37)10-2)31(27-29)35(6,7)8/h25-28H,9-24H2,1-8H3. The molecule has 3 nitrogen and oxygen atoms in total. The lowest BCUT2D eigenvalue weighted by Crippen LogP contribution is -2.22. The molecule has 0 aromatic heterocycles. The maximum atomic E-state index is 12.3. The van der Waals surface area contributed by atoms with Gasteiger partial charge in [0.1, 0.15) is 12.0 Å². The first-order chi connectivity index (χ1) is 18.0. The van der Waals surface area contributed by atoms with Crippen LogP contribution < -0.4 is 4.74 Å². The van der Waals surface area contributed by atoms with E-state index in [1.54, 1.807) is 0 Å². The molecule has 1 aromatic carbocycles. The Hall–Kier alpha value is -1.64. The molecule has 0 aliphatic rings. The van der Waals surface area contributed by atoms with Gasteiger partial charge in [0.15, 0.2) is 0 Å². The van der Waals surface area contributed by atoms with Crippen molar-refractivity contribution in [3.8, 4) is 5.75 Å². The third kappa shape index (κ3) is 12.9. The highest BCUT2D eigenvalue weighted by Crippen LogP contribution is 2.43. The summed E-state index contributed by atoms with van der Waals surface area (Å²) in [5, 5.41) is 0. The minimum Gasteiger partial charge on any atom is -0.426 e. The molecule has 0 aliphatic heterocycles. The van der Waals surface area contributed by atoms with Gasteiger partial charge in [0.2, 0.25) is 0 Å². The third-order valence-electron chi connectivity index (χ3n) is 7.74. The van der Waals surface area contributed by atoms with Gasteiger partial charge in [-0.2, -0.15) is 0 Å². The second-order valence-electron chi connectivity index (χ2n) is 13.4. The summed E-state index contributed by atoms with van der Waals surface area (Å²) in [6.07, 6.45) is 20.5. The SMILES string of the molecule is CCCCCCCCCCCCCCCC(CC=O)c1cc(C(C)(C)C)c(OC(=O)CC)c(C(C)(C)C)c1. The minimum absolute atomic E-state index is 0.180. The molecule has 0 N–H and O–H groups in total. The maximum absolute atomic E-state index is 12.3. The number of carbonyl (C=O) groups excluding carboxylic acids is 2. The molecule has 1 rings (SSSR count). The smallest absolute Gasteiger partial charge is 0.310 e. The third-order valence-corrected chi connectivity index (χ3v) is 7.74. The van der Waals surface area contributed by atoms with Gasteiger partial charge in [0, 0.05) is 24.0 Å². The molecule has 0 fully saturated rings. The number of rotatable bonds is 19. The van der Waals surface area contributed by atoms with Crippen molar-refractivity contribution in [2.75, 3.05) is 0 Å². The lowest BCUT2D eigenvalue weighted by molar-refractivity contribution is -0.134. The number of aldehydes is 1. The first kappa shape index (κ1) is 34.4. The fourth-order valence-corrected chi connectivity index (χ4v) is 5.24. The van der Waals surface area contributed by atoms with Crippen LogP contribution in [0.3, 0.4) is 0 Å². The number of hydrogen-bond donors (Lipinski definition) is 0. The Labute approximate surface area is 235 Å². The summed E-state index contributed by atoms with van der Waals surface area (Å²) in [7, 11) is 0. The van der Waals surface area contributed by atoms with Gasteiger partial charge in [-0.05, 0) is 28.7 Å². The second-order valence-corrected chi connectivity index (χ2v) is 13.4. The van der Waals surface area contributed by atoms with Crippen molar-refractivity contribution in [3.05, 3.63) is 28.8 Å². The molecular formula is C35H60O3. The van der Waals surface area contributed by atoms with Crippen molar-refractivity contribution in [1.29, 1.82) is 0 Å². The van der Waals surface area contributed by atoms with Crippen LogP contribution in [0, 0.1) is 0 Å². The number of esters is 1. The van der Waals surface area contributed by atoms with Crippen LogP contribution >= 0.6 is 0 Å². The normalized spacial score (nSPS) is 12.9. The Balaban J connectivity index is 2.78. The largest absolute Gasteiger partial charge is 0.426 e. The molecule has 38 heavy (non-hydrogen) atoms. The highest BCUT2D eigenvalue weighted by molar-refractivity contribution is 5.73. The predicted octanol–water partition coefficient (Wildman–Crippen LogP) is 10.8. The monoisotopic (exact) mass is 528 g/mol. The zero-order chi connectivity index (χ0) is 28.6. The van der Waals surface area contributed by atoms with Gasteiger partial charge in [-0.25, -0.2) is 0 Å². The van der Waals surface area contributed by atoms with Crippen LogP contribution in [0.2, 0.25) is 0 Å². The fourth-order valence-electron chi connectivity index (χ4n) is 5.24.